The third-order valence-corrected chi connectivity index (χ3v) is 1.13. The van der Waals surface area contributed by atoms with Gasteiger partial charge in [0, 0.05) is 5.56 Å². The van der Waals surface area contributed by atoms with Crippen LogP contribution < -0.4 is 0 Å². The van der Waals surface area contributed by atoms with Crippen molar-refractivity contribution in [2.75, 3.05) is 0 Å². The molecule has 0 atom stereocenters. The van der Waals surface area contributed by atoms with E-state index >= 15 is 0 Å². The summed E-state index contributed by atoms with van der Waals surface area (Å²) in [5.74, 6) is -0.215. The van der Waals surface area contributed by atoms with Gasteiger partial charge in [0.2, 0.25) is 0 Å². The largest absolute Gasteiger partial charge is 0.206 e. The molecular weight excluding hydrogens is 139 g/mol. The van der Waals surface area contributed by atoms with Crippen LogP contribution in [0, 0.1) is 5.82 Å². The van der Waals surface area contributed by atoms with E-state index in [1.165, 1.54) is 12.1 Å². The maximum Gasteiger partial charge on any atom is 0.130 e. The normalized spacial score (nSPS) is 7.91. The molecular formula is C10H13F. The number of benzene rings is 1. The van der Waals surface area contributed by atoms with Gasteiger partial charge in [-0.25, -0.2) is 4.39 Å². The smallest absolute Gasteiger partial charge is 0.130 e. The van der Waals surface area contributed by atoms with Crippen LogP contribution in [-0.2, 0) is 0 Å². The van der Waals surface area contributed by atoms with Crippen molar-refractivity contribution in [3.8, 4) is 0 Å². The van der Waals surface area contributed by atoms with Gasteiger partial charge in [0.15, 0.2) is 0 Å². The Morgan fingerprint density at radius 3 is 2.18 bits per heavy atom. The molecule has 0 saturated heterocycles. The van der Waals surface area contributed by atoms with Crippen molar-refractivity contribution in [3.05, 3.63) is 42.2 Å². The van der Waals surface area contributed by atoms with Crippen molar-refractivity contribution >= 4 is 6.08 Å². The van der Waals surface area contributed by atoms with Gasteiger partial charge in [-0.3, -0.25) is 0 Å². The van der Waals surface area contributed by atoms with Crippen molar-refractivity contribution in [1.82, 2.24) is 0 Å². The average Bonchev–Trinajstić information content (AvgIpc) is 2.09. The molecule has 1 rings (SSSR count). The van der Waals surface area contributed by atoms with Crippen molar-refractivity contribution in [2.24, 2.45) is 0 Å². The zero-order chi connectivity index (χ0) is 8.69. The zero-order valence-electron chi connectivity index (χ0n) is 6.97. The van der Waals surface area contributed by atoms with Gasteiger partial charge in [0.1, 0.15) is 5.82 Å². The van der Waals surface area contributed by atoms with Crippen molar-refractivity contribution < 1.29 is 4.39 Å². The highest BCUT2D eigenvalue weighted by molar-refractivity contribution is 5.46. The molecule has 0 spiro atoms. The Morgan fingerprint density at radius 2 is 1.82 bits per heavy atom. The molecule has 0 aliphatic carbocycles. The first-order chi connectivity index (χ1) is 5.34. The fraction of sp³-hybridized carbons (Fsp3) is 0.200. The van der Waals surface area contributed by atoms with E-state index in [1.54, 1.807) is 18.2 Å². The lowest BCUT2D eigenvalue weighted by atomic mass is 10.2. The van der Waals surface area contributed by atoms with Gasteiger partial charge in [0.25, 0.3) is 0 Å². The number of hydrogen-bond donors (Lipinski definition) is 0. The molecule has 0 aliphatic heterocycles. The third kappa shape index (κ3) is 2.99. The maximum atomic E-state index is 12.5. The number of hydrogen-bond acceptors (Lipinski definition) is 0. The SMILES string of the molecule is C=Cc1ccccc1F.CC. The minimum absolute atomic E-state index is 0.215. The molecule has 60 valence electrons. The highest BCUT2D eigenvalue weighted by atomic mass is 19.1. The molecule has 0 nitrogen and oxygen atoms in total. The van der Waals surface area contributed by atoms with E-state index in [0.29, 0.717) is 5.56 Å². The molecule has 0 heterocycles. The molecule has 0 unspecified atom stereocenters. The van der Waals surface area contributed by atoms with Crippen LogP contribution in [0.4, 0.5) is 4.39 Å². The average molecular weight is 152 g/mol. The van der Waals surface area contributed by atoms with E-state index in [-0.39, 0.29) is 5.82 Å². The maximum absolute atomic E-state index is 12.5. The summed E-state index contributed by atoms with van der Waals surface area (Å²) in [5, 5.41) is 0. The molecule has 0 bridgehead atoms. The minimum Gasteiger partial charge on any atom is -0.206 e. The molecule has 0 aromatic heterocycles. The Balaban J connectivity index is 0.000000461. The van der Waals surface area contributed by atoms with Gasteiger partial charge in [-0.15, -0.1) is 0 Å². The van der Waals surface area contributed by atoms with Crippen molar-refractivity contribution in [3.63, 3.8) is 0 Å². The molecule has 0 aliphatic rings. The molecule has 0 saturated carbocycles. The Kier molecular flexibility index (Phi) is 5.09. The Bertz CT molecular complexity index is 216. The predicted octanol–water partition coefficient (Wildman–Crippen LogP) is 3.49. The van der Waals surface area contributed by atoms with Crippen LogP contribution in [0.2, 0.25) is 0 Å². The van der Waals surface area contributed by atoms with Gasteiger partial charge in [-0.2, -0.15) is 0 Å². The lowest BCUT2D eigenvalue weighted by Crippen LogP contribution is -1.76. The fourth-order valence-electron chi connectivity index (χ4n) is 0.641. The van der Waals surface area contributed by atoms with Crippen molar-refractivity contribution in [2.45, 2.75) is 13.8 Å². The van der Waals surface area contributed by atoms with E-state index < -0.39 is 0 Å². The molecule has 1 aromatic rings. The number of halogens is 1. The van der Waals surface area contributed by atoms with E-state index in [2.05, 4.69) is 6.58 Å². The first kappa shape index (κ1) is 9.89. The lowest BCUT2D eigenvalue weighted by molar-refractivity contribution is 0.625. The molecule has 0 N–H and O–H groups in total. The summed E-state index contributed by atoms with van der Waals surface area (Å²) in [6, 6.07) is 6.53. The van der Waals surface area contributed by atoms with Crippen LogP contribution in [-0.4, -0.2) is 0 Å². The summed E-state index contributed by atoms with van der Waals surface area (Å²) in [6.45, 7) is 7.45. The van der Waals surface area contributed by atoms with Crippen LogP contribution in [0.1, 0.15) is 19.4 Å². The van der Waals surface area contributed by atoms with E-state index in [4.69, 9.17) is 0 Å². The lowest BCUT2D eigenvalue weighted by Gasteiger charge is -1.91. The fourth-order valence-corrected chi connectivity index (χ4v) is 0.641. The molecule has 0 radical (unpaired) electrons. The molecule has 0 amide bonds. The standard InChI is InChI=1S/C8H7F.C2H6/c1-2-7-5-3-4-6-8(7)9;1-2/h2-6H,1H2;1-2H3. The van der Waals surface area contributed by atoms with Crippen LogP contribution >= 0.6 is 0 Å². The Hall–Kier alpha value is -1.11. The number of rotatable bonds is 1. The molecule has 11 heavy (non-hydrogen) atoms. The van der Waals surface area contributed by atoms with E-state index in [1.807, 2.05) is 13.8 Å². The van der Waals surface area contributed by atoms with Crippen LogP contribution in [0.3, 0.4) is 0 Å². The second-order valence-electron chi connectivity index (χ2n) is 1.73. The summed E-state index contributed by atoms with van der Waals surface area (Å²) >= 11 is 0. The molecule has 1 heteroatoms. The summed E-state index contributed by atoms with van der Waals surface area (Å²) < 4.78 is 12.5. The summed E-state index contributed by atoms with van der Waals surface area (Å²) in [4.78, 5) is 0. The van der Waals surface area contributed by atoms with Crippen molar-refractivity contribution in [1.29, 1.82) is 0 Å². The van der Waals surface area contributed by atoms with Crippen LogP contribution in [0.15, 0.2) is 30.8 Å². The first-order valence-corrected chi connectivity index (χ1v) is 3.71. The van der Waals surface area contributed by atoms with E-state index in [9.17, 15) is 4.39 Å². The van der Waals surface area contributed by atoms with Gasteiger partial charge < -0.3 is 0 Å². The molecule has 1 aromatic carbocycles. The Labute approximate surface area is 67.4 Å². The highest BCUT2D eigenvalue weighted by Crippen LogP contribution is 2.05. The topological polar surface area (TPSA) is 0 Å². The quantitative estimate of drug-likeness (QED) is 0.577. The second kappa shape index (κ2) is 5.66. The summed E-state index contributed by atoms with van der Waals surface area (Å²) in [6.07, 6.45) is 1.50. The summed E-state index contributed by atoms with van der Waals surface area (Å²) in [5.41, 5.74) is 0.553. The third-order valence-electron chi connectivity index (χ3n) is 1.13. The highest BCUT2D eigenvalue weighted by Gasteiger charge is 1.91. The minimum atomic E-state index is -0.215. The second-order valence-corrected chi connectivity index (χ2v) is 1.73. The van der Waals surface area contributed by atoms with Gasteiger partial charge in [0.05, 0.1) is 0 Å². The molecule has 0 fully saturated rings. The van der Waals surface area contributed by atoms with Gasteiger partial charge in [-0.05, 0) is 6.07 Å². The van der Waals surface area contributed by atoms with Gasteiger partial charge >= 0.3 is 0 Å². The summed E-state index contributed by atoms with van der Waals surface area (Å²) in [7, 11) is 0. The monoisotopic (exact) mass is 152 g/mol. The van der Waals surface area contributed by atoms with Gasteiger partial charge in [-0.1, -0.05) is 44.7 Å². The van der Waals surface area contributed by atoms with Crippen LogP contribution in [0.5, 0.6) is 0 Å². The van der Waals surface area contributed by atoms with E-state index in [0.717, 1.165) is 0 Å². The van der Waals surface area contributed by atoms with Crippen LogP contribution in [0.25, 0.3) is 6.08 Å². The Morgan fingerprint density at radius 1 is 1.27 bits per heavy atom. The first-order valence-electron chi connectivity index (χ1n) is 3.71. The predicted molar refractivity (Wildman–Crippen MR) is 47.8 cm³/mol. The zero-order valence-corrected chi connectivity index (χ0v) is 6.97.